The molecule has 1 radical (unpaired) electrons. The highest BCUT2D eigenvalue weighted by Crippen LogP contribution is 2.18. The van der Waals surface area contributed by atoms with Crippen molar-refractivity contribution in [1.82, 2.24) is 0 Å². The minimum atomic E-state index is -0.727. The van der Waals surface area contributed by atoms with Gasteiger partial charge in [-0.2, -0.15) is 0 Å². The van der Waals surface area contributed by atoms with Gasteiger partial charge in [0.1, 0.15) is 5.60 Å². The summed E-state index contributed by atoms with van der Waals surface area (Å²) in [6.45, 7) is 3.77. The lowest BCUT2D eigenvalue weighted by Crippen LogP contribution is -2.20. The molecular weight excluding hydrogens is 172 g/mol. The number of hydrogen-bond acceptors (Lipinski definition) is 0. The Morgan fingerprint density at radius 2 is 1.86 bits per heavy atom. The first-order chi connectivity index (χ1) is 6.64. The van der Waals surface area contributed by atoms with Crippen molar-refractivity contribution >= 4 is 0 Å². The van der Waals surface area contributed by atoms with Gasteiger partial charge in [0.2, 0.25) is 0 Å². The van der Waals surface area contributed by atoms with Gasteiger partial charge in [-0.15, -0.1) is 0 Å². The van der Waals surface area contributed by atoms with Gasteiger partial charge in [0.25, 0.3) is 0 Å². The fraction of sp³-hybridized carbons (Fsp3) is 0.538. The number of hydrogen-bond donors (Lipinski definition) is 0. The monoisotopic (exact) mass is 191 g/mol. The Morgan fingerprint density at radius 3 is 2.43 bits per heavy atom. The third-order valence-corrected chi connectivity index (χ3v) is 2.76. The van der Waals surface area contributed by atoms with Crippen molar-refractivity contribution in [3.63, 3.8) is 0 Å². The van der Waals surface area contributed by atoms with Crippen molar-refractivity contribution in [2.24, 2.45) is 0 Å². The topological polar surface area (TPSA) is 19.9 Å². The summed E-state index contributed by atoms with van der Waals surface area (Å²) >= 11 is 0. The molecule has 1 heteroatoms. The Morgan fingerprint density at radius 1 is 1.21 bits per heavy atom. The molecule has 0 aliphatic rings. The van der Waals surface area contributed by atoms with Gasteiger partial charge in [0.05, 0.1) is 0 Å². The molecule has 0 spiro atoms. The normalized spacial score (nSPS) is 15.1. The molecule has 0 saturated carbocycles. The van der Waals surface area contributed by atoms with Crippen LogP contribution in [0.1, 0.15) is 38.7 Å². The zero-order valence-corrected chi connectivity index (χ0v) is 9.12. The third-order valence-electron chi connectivity index (χ3n) is 2.76. The van der Waals surface area contributed by atoms with Gasteiger partial charge in [-0.25, -0.2) is 5.11 Å². The molecule has 0 bridgehead atoms. The molecule has 77 valence electrons. The van der Waals surface area contributed by atoms with E-state index in [9.17, 15) is 5.11 Å². The van der Waals surface area contributed by atoms with E-state index in [-0.39, 0.29) is 0 Å². The Bertz CT molecular complexity index is 251. The zero-order valence-electron chi connectivity index (χ0n) is 9.12. The van der Waals surface area contributed by atoms with E-state index in [1.165, 1.54) is 5.56 Å². The molecule has 0 aliphatic carbocycles. The molecule has 1 unspecified atom stereocenters. The highest BCUT2D eigenvalue weighted by atomic mass is 16.3. The molecule has 1 aromatic carbocycles. The lowest BCUT2D eigenvalue weighted by atomic mass is 9.95. The summed E-state index contributed by atoms with van der Waals surface area (Å²) in [5.41, 5.74) is 0.605. The summed E-state index contributed by atoms with van der Waals surface area (Å²) in [5.74, 6) is 0. The Balaban J connectivity index is 2.29. The first kappa shape index (κ1) is 11.3. The molecule has 1 rings (SSSR count). The maximum absolute atomic E-state index is 11.7. The molecule has 0 aromatic heterocycles. The molecule has 0 saturated heterocycles. The van der Waals surface area contributed by atoms with E-state index in [0.717, 1.165) is 25.7 Å². The van der Waals surface area contributed by atoms with Crippen LogP contribution >= 0.6 is 0 Å². The van der Waals surface area contributed by atoms with E-state index in [1.807, 2.05) is 25.1 Å². The minimum Gasteiger partial charge on any atom is -0.230 e. The second-order valence-electron chi connectivity index (χ2n) is 4.14. The van der Waals surface area contributed by atoms with Crippen molar-refractivity contribution in [2.45, 2.75) is 45.1 Å². The van der Waals surface area contributed by atoms with Crippen molar-refractivity contribution in [3.8, 4) is 0 Å². The molecule has 0 aliphatic heterocycles. The predicted octanol–water partition coefficient (Wildman–Crippen LogP) is 3.61. The summed E-state index contributed by atoms with van der Waals surface area (Å²) < 4.78 is 0. The zero-order chi connectivity index (χ0) is 10.4. The average molecular weight is 191 g/mol. The maximum Gasteiger partial charge on any atom is 0.101 e. The minimum absolute atomic E-state index is 0.724. The van der Waals surface area contributed by atoms with E-state index in [2.05, 4.69) is 12.1 Å². The van der Waals surface area contributed by atoms with Crippen molar-refractivity contribution in [2.75, 3.05) is 0 Å². The van der Waals surface area contributed by atoms with Gasteiger partial charge in [-0.1, -0.05) is 37.3 Å². The first-order valence-electron chi connectivity index (χ1n) is 5.38. The fourth-order valence-electron chi connectivity index (χ4n) is 1.49. The van der Waals surface area contributed by atoms with Crippen molar-refractivity contribution in [3.05, 3.63) is 35.9 Å². The average Bonchev–Trinajstić information content (AvgIpc) is 2.19. The molecular formula is C13H19O. The van der Waals surface area contributed by atoms with Crippen LogP contribution in [0.4, 0.5) is 0 Å². The predicted molar refractivity (Wildman–Crippen MR) is 58.8 cm³/mol. The number of rotatable bonds is 5. The summed E-state index contributed by atoms with van der Waals surface area (Å²) in [6.07, 6.45) is 3.52. The van der Waals surface area contributed by atoms with Crippen LogP contribution in [0, 0.1) is 0 Å². The molecule has 0 amide bonds. The van der Waals surface area contributed by atoms with Crippen LogP contribution in [-0.2, 0) is 11.5 Å². The lowest BCUT2D eigenvalue weighted by Gasteiger charge is -2.17. The van der Waals surface area contributed by atoms with Crippen LogP contribution in [0.3, 0.4) is 0 Å². The molecule has 0 N–H and O–H groups in total. The van der Waals surface area contributed by atoms with E-state index in [0.29, 0.717) is 0 Å². The van der Waals surface area contributed by atoms with Crippen molar-refractivity contribution in [1.29, 1.82) is 0 Å². The number of benzene rings is 1. The second kappa shape index (κ2) is 5.16. The third kappa shape index (κ3) is 3.93. The van der Waals surface area contributed by atoms with Crippen LogP contribution in [0.15, 0.2) is 30.3 Å². The van der Waals surface area contributed by atoms with E-state index in [4.69, 9.17) is 0 Å². The van der Waals surface area contributed by atoms with Crippen LogP contribution < -0.4 is 0 Å². The SMILES string of the molecule is CCC(C)([O])CCCc1ccccc1. The number of aryl methyl sites for hydroxylation is 1. The van der Waals surface area contributed by atoms with Gasteiger partial charge in [-0.3, -0.25) is 0 Å². The Kier molecular flexibility index (Phi) is 4.15. The first-order valence-corrected chi connectivity index (χ1v) is 5.38. The van der Waals surface area contributed by atoms with Gasteiger partial charge in [0.15, 0.2) is 0 Å². The standard InChI is InChI=1S/C13H19O/c1-3-13(2,14)11-7-10-12-8-5-4-6-9-12/h4-6,8-9H,3,7,10-11H2,1-2H3. The maximum atomic E-state index is 11.7. The Hall–Kier alpha value is -0.820. The van der Waals surface area contributed by atoms with Crippen LogP contribution in [0.5, 0.6) is 0 Å². The summed E-state index contributed by atoms with van der Waals surface area (Å²) in [4.78, 5) is 0. The summed E-state index contributed by atoms with van der Waals surface area (Å²) in [6, 6.07) is 10.4. The second-order valence-corrected chi connectivity index (χ2v) is 4.14. The van der Waals surface area contributed by atoms with E-state index in [1.54, 1.807) is 6.92 Å². The van der Waals surface area contributed by atoms with Gasteiger partial charge < -0.3 is 0 Å². The quantitative estimate of drug-likeness (QED) is 0.677. The molecule has 1 nitrogen and oxygen atoms in total. The van der Waals surface area contributed by atoms with Crippen LogP contribution in [0.25, 0.3) is 0 Å². The molecule has 0 heterocycles. The smallest absolute Gasteiger partial charge is 0.101 e. The van der Waals surface area contributed by atoms with Gasteiger partial charge >= 0.3 is 0 Å². The van der Waals surface area contributed by atoms with Crippen molar-refractivity contribution < 1.29 is 5.11 Å². The summed E-state index contributed by atoms with van der Waals surface area (Å²) in [5, 5.41) is 11.7. The fourth-order valence-corrected chi connectivity index (χ4v) is 1.49. The molecule has 1 atom stereocenters. The largest absolute Gasteiger partial charge is 0.230 e. The highest BCUT2D eigenvalue weighted by molar-refractivity contribution is 5.14. The van der Waals surface area contributed by atoms with E-state index >= 15 is 0 Å². The van der Waals surface area contributed by atoms with Gasteiger partial charge in [-0.05, 0) is 38.2 Å². The van der Waals surface area contributed by atoms with Crippen LogP contribution in [-0.4, -0.2) is 5.60 Å². The van der Waals surface area contributed by atoms with Crippen LogP contribution in [0.2, 0.25) is 0 Å². The summed E-state index contributed by atoms with van der Waals surface area (Å²) in [7, 11) is 0. The van der Waals surface area contributed by atoms with Gasteiger partial charge in [0, 0.05) is 0 Å². The Labute approximate surface area is 86.8 Å². The lowest BCUT2D eigenvalue weighted by molar-refractivity contribution is -0.0246. The molecule has 1 aromatic rings. The van der Waals surface area contributed by atoms with E-state index < -0.39 is 5.60 Å². The highest BCUT2D eigenvalue weighted by Gasteiger charge is 2.18. The molecule has 14 heavy (non-hydrogen) atoms. The molecule has 0 fully saturated rings.